The number of halogens is 1. The normalized spacial score (nSPS) is 12.0. The van der Waals surface area contributed by atoms with Crippen molar-refractivity contribution >= 4 is 23.3 Å². The number of hydrogen-bond donors (Lipinski definition) is 2. The Labute approximate surface area is 131 Å². The van der Waals surface area contributed by atoms with Gasteiger partial charge >= 0.3 is 6.03 Å². The molecule has 0 unspecified atom stereocenters. The Kier molecular flexibility index (Phi) is 5.67. The molecule has 2 amide bonds. The highest BCUT2D eigenvalue weighted by Gasteiger charge is 2.13. The number of methoxy groups -OCH3 is 1. The summed E-state index contributed by atoms with van der Waals surface area (Å²) in [6.45, 7) is 10.1. The van der Waals surface area contributed by atoms with Crippen LogP contribution < -0.4 is 15.4 Å². The van der Waals surface area contributed by atoms with Crippen LogP contribution >= 0.6 is 11.6 Å². The van der Waals surface area contributed by atoms with Gasteiger partial charge in [0.15, 0.2) is 0 Å². The average Bonchev–Trinajstić information content (AvgIpc) is 2.38. The van der Waals surface area contributed by atoms with Gasteiger partial charge in [-0.2, -0.15) is 0 Å². The second kappa shape index (κ2) is 6.85. The van der Waals surface area contributed by atoms with E-state index in [2.05, 4.69) is 31.4 Å². The first-order chi connectivity index (χ1) is 9.65. The Hall–Kier alpha value is -1.68. The van der Waals surface area contributed by atoms with Crippen molar-refractivity contribution in [2.24, 2.45) is 5.41 Å². The zero-order chi connectivity index (χ0) is 16.2. The molecular weight excluding hydrogens is 288 g/mol. The number of aryl methyl sites for hydroxylation is 1. The molecule has 0 bridgehead atoms. The van der Waals surface area contributed by atoms with Gasteiger partial charge < -0.3 is 15.4 Å². The predicted molar refractivity (Wildman–Crippen MR) is 88.1 cm³/mol. The highest BCUT2D eigenvalue weighted by molar-refractivity contribution is 6.31. The van der Waals surface area contributed by atoms with Crippen LogP contribution in [0.1, 0.15) is 33.3 Å². The number of urea groups is 1. The number of amides is 2. The lowest BCUT2D eigenvalue weighted by molar-refractivity contribution is 0.254. The fourth-order valence-corrected chi connectivity index (χ4v) is 1.63. The van der Waals surface area contributed by atoms with Crippen LogP contribution in [0, 0.1) is 12.3 Å². The van der Waals surface area contributed by atoms with Gasteiger partial charge in [0.05, 0.1) is 12.8 Å². The third-order valence-corrected chi connectivity index (χ3v) is 3.74. The van der Waals surface area contributed by atoms with Crippen LogP contribution in [0.15, 0.2) is 23.9 Å². The lowest BCUT2D eigenvalue weighted by Crippen LogP contribution is -2.25. The van der Waals surface area contributed by atoms with Crippen molar-refractivity contribution in [1.82, 2.24) is 5.32 Å². The quantitative estimate of drug-likeness (QED) is 0.848. The molecule has 116 valence electrons. The molecule has 0 fully saturated rings. The van der Waals surface area contributed by atoms with Gasteiger partial charge in [0.25, 0.3) is 0 Å². The molecule has 0 aliphatic carbocycles. The summed E-state index contributed by atoms with van der Waals surface area (Å²) in [6.07, 6.45) is 1.71. The van der Waals surface area contributed by atoms with Gasteiger partial charge in [-0.25, -0.2) is 4.79 Å². The second-order valence-corrected chi connectivity index (χ2v) is 6.38. The standard InChI is InChI=1S/C16H23ClN2O2/c1-10-7-13(14(21-6)8-12(10)17)19-15(20)18-9-11(2)16(3,4)5/h7-9H,1-6H3,(H2,18,19,20)/b11-9+. The van der Waals surface area contributed by atoms with Crippen molar-refractivity contribution in [2.45, 2.75) is 34.6 Å². The van der Waals surface area contributed by atoms with Gasteiger partial charge in [-0.1, -0.05) is 37.9 Å². The second-order valence-electron chi connectivity index (χ2n) is 5.98. The number of allylic oxidation sites excluding steroid dienone is 1. The monoisotopic (exact) mass is 310 g/mol. The maximum absolute atomic E-state index is 12.0. The molecule has 1 aromatic carbocycles. The van der Waals surface area contributed by atoms with E-state index in [1.54, 1.807) is 18.3 Å². The lowest BCUT2D eigenvalue weighted by Gasteiger charge is -2.19. The fraction of sp³-hybridized carbons (Fsp3) is 0.438. The molecule has 1 rings (SSSR count). The summed E-state index contributed by atoms with van der Waals surface area (Å²) >= 11 is 6.04. The Morgan fingerprint density at radius 1 is 1.33 bits per heavy atom. The molecule has 0 aliphatic rings. The van der Waals surface area contributed by atoms with Gasteiger partial charge in [-0.15, -0.1) is 0 Å². The first-order valence-corrected chi connectivity index (χ1v) is 7.12. The topological polar surface area (TPSA) is 50.4 Å². The highest BCUT2D eigenvalue weighted by atomic mass is 35.5. The Balaban J connectivity index is 2.83. The molecule has 0 saturated carbocycles. The molecule has 21 heavy (non-hydrogen) atoms. The summed E-state index contributed by atoms with van der Waals surface area (Å²) in [5, 5.41) is 6.08. The van der Waals surface area contributed by atoms with E-state index in [4.69, 9.17) is 16.3 Å². The number of benzene rings is 1. The number of nitrogens with one attached hydrogen (secondary N) is 2. The zero-order valence-corrected chi connectivity index (χ0v) is 14.2. The van der Waals surface area contributed by atoms with E-state index in [9.17, 15) is 4.79 Å². The average molecular weight is 311 g/mol. The van der Waals surface area contributed by atoms with Crippen LogP contribution in [-0.4, -0.2) is 13.1 Å². The number of carbonyl (C=O) groups excluding carboxylic acids is 1. The highest BCUT2D eigenvalue weighted by Crippen LogP contribution is 2.30. The van der Waals surface area contributed by atoms with Crippen molar-refractivity contribution < 1.29 is 9.53 Å². The van der Waals surface area contributed by atoms with E-state index < -0.39 is 0 Å². The van der Waals surface area contributed by atoms with Gasteiger partial charge in [0, 0.05) is 17.3 Å². The van der Waals surface area contributed by atoms with Gasteiger partial charge in [0.2, 0.25) is 0 Å². The molecule has 0 heterocycles. The summed E-state index contributed by atoms with van der Waals surface area (Å²) in [5.41, 5.74) is 2.55. The number of carbonyl (C=O) groups is 1. The van der Waals surface area contributed by atoms with E-state index in [0.717, 1.165) is 11.1 Å². The molecule has 0 aliphatic heterocycles. The molecule has 0 atom stereocenters. The smallest absolute Gasteiger partial charge is 0.323 e. The van der Waals surface area contributed by atoms with Crippen LogP contribution in [-0.2, 0) is 0 Å². The summed E-state index contributed by atoms with van der Waals surface area (Å²) in [4.78, 5) is 12.0. The summed E-state index contributed by atoms with van der Waals surface area (Å²) in [7, 11) is 1.54. The molecule has 2 N–H and O–H groups in total. The fourth-order valence-electron chi connectivity index (χ4n) is 1.48. The minimum absolute atomic E-state index is 0.0157. The number of rotatable bonds is 3. The summed E-state index contributed by atoms with van der Waals surface area (Å²) < 4.78 is 5.22. The maximum Gasteiger partial charge on any atom is 0.323 e. The van der Waals surface area contributed by atoms with Crippen LogP contribution in [0.4, 0.5) is 10.5 Å². The van der Waals surface area contributed by atoms with Gasteiger partial charge in [-0.3, -0.25) is 0 Å². The first-order valence-electron chi connectivity index (χ1n) is 6.74. The minimum Gasteiger partial charge on any atom is -0.495 e. The molecule has 0 spiro atoms. The minimum atomic E-state index is -0.321. The third-order valence-electron chi connectivity index (χ3n) is 3.33. The van der Waals surface area contributed by atoms with Crippen molar-refractivity contribution in [3.8, 4) is 5.75 Å². The molecule has 5 heteroatoms. The molecule has 0 aromatic heterocycles. The van der Waals surface area contributed by atoms with E-state index in [-0.39, 0.29) is 11.4 Å². The summed E-state index contributed by atoms with van der Waals surface area (Å²) in [6, 6.07) is 3.14. The molecule has 0 radical (unpaired) electrons. The zero-order valence-electron chi connectivity index (χ0n) is 13.4. The van der Waals surface area contributed by atoms with Crippen molar-refractivity contribution in [2.75, 3.05) is 12.4 Å². The Morgan fingerprint density at radius 2 is 1.95 bits per heavy atom. The molecule has 1 aromatic rings. The molecular formula is C16H23ClN2O2. The van der Waals surface area contributed by atoms with Crippen molar-refractivity contribution in [3.05, 3.63) is 34.5 Å². The van der Waals surface area contributed by atoms with Crippen LogP contribution in [0.3, 0.4) is 0 Å². The van der Waals surface area contributed by atoms with Crippen LogP contribution in [0.2, 0.25) is 5.02 Å². The Morgan fingerprint density at radius 3 is 2.48 bits per heavy atom. The van der Waals surface area contributed by atoms with Crippen molar-refractivity contribution in [1.29, 1.82) is 0 Å². The van der Waals surface area contributed by atoms with E-state index in [1.807, 2.05) is 13.8 Å². The first kappa shape index (κ1) is 17.4. The number of ether oxygens (including phenoxy) is 1. The third kappa shape index (κ3) is 4.97. The lowest BCUT2D eigenvalue weighted by atomic mass is 9.88. The number of anilines is 1. The number of hydrogen-bond acceptors (Lipinski definition) is 2. The SMILES string of the molecule is COc1cc(Cl)c(C)cc1NC(=O)N/C=C(\C)C(C)(C)C. The van der Waals surface area contributed by atoms with Gasteiger partial charge in [-0.05, 0) is 30.9 Å². The van der Waals surface area contributed by atoms with E-state index >= 15 is 0 Å². The van der Waals surface area contributed by atoms with E-state index in [0.29, 0.717) is 16.5 Å². The van der Waals surface area contributed by atoms with Crippen LogP contribution in [0.5, 0.6) is 5.75 Å². The molecule has 4 nitrogen and oxygen atoms in total. The predicted octanol–water partition coefficient (Wildman–Crippen LogP) is 4.73. The molecule has 0 saturated heterocycles. The van der Waals surface area contributed by atoms with Crippen LogP contribution in [0.25, 0.3) is 0 Å². The Bertz CT molecular complexity index is 560. The van der Waals surface area contributed by atoms with Crippen molar-refractivity contribution in [3.63, 3.8) is 0 Å². The summed E-state index contributed by atoms with van der Waals surface area (Å²) in [5.74, 6) is 0.525. The maximum atomic E-state index is 12.0. The largest absolute Gasteiger partial charge is 0.495 e. The van der Waals surface area contributed by atoms with E-state index in [1.165, 1.54) is 7.11 Å². The van der Waals surface area contributed by atoms with Gasteiger partial charge in [0.1, 0.15) is 5.75 Å².